The fraction of sp³-hybridized carbons (Fsp3) is 0. The molecule has 0 fully saturated rings. The fourth-order valence-electron chi connectivity index (χ4n) is 9.44. The molecule has 0 aliphatic carbocycles. The molecule has 0 aliphatic heterocycles. The van der Waals surface area contributed by atoms with Gasteiger partial charge in [0, 0.05) is 11.3 Å². The molecule has 1 heterocycles. The predicted molar refractivity (Wildman–Crippen MR) is 250 cm³/mol. The molecular formula is C57H36N2. The van der Waals surface area contributed by atoms with E-state index in [9.17, 15) is 0 Å². The molecule has 12 aromatic rings. The average Bonchev–Trinajstić information content (AvgIpc) is 3.71. The van der Waals surface area contributed by atoms with E-state index >= 15 is 0 Å². The normalized spacial score (nSPS) is 11.7. The summed E-state index contributed by atoms with van der Waals surface area (Å²) in [6, 6.07) is 79.6. The van der Waals surface area contributed by atoms with Gasteiger partial charge in [-0.3, -0.25) is 4.57 Å². The summed E-state index contributed by atoms with van der Waals surface area (Å²) in [5, 5.41) is 12.5. The van der Waals surface area contributed by atoms with E-state index in [1.807, 2.05) is 0 Å². The molecule has 2 nitrogen and oxygen atoms in total. The number of para-hydroxylation sites is 2. The fourth-order valence-corrected chi connectivity index (χ4v) is 9.44. The number of aromatic nitrogens is 2. The zero-order valence-corrected chi connectivity index (χ0v) is 32.2. The highest BCUT2D eigenvalue weighted by molar-refractivity contribution is 6.26. The van der Waals surface area contributed by atoms with Crippen LogP contribution in [0.3, 0.4) is 0 Å². The zero-order chi connectivity index (χ0) is 38.9. The van der Waals surface area contributed by atoms with Crippen molar-refractivity contribution in [3.63, 3.8) is 0 Å². The molecule has 0 atom stereocenters. The Labute approximate surface area is 341 Å². The molecule has 2 heteroatoms. The highest BCUT2D eigenvalue weighted by Gasteiger charge is 2.19. The monoisotopic (exact) mass is 748 g/mol. The van der Waals surface area contributed by atoms with E-state index in [1.54, 1.807) is 0 Å². The van der Waals surface area contributed by atoms with Crippen LogP contribution in [0.15, 0.2) is 218 Å². The van der Waals surface area contributed by atoms with Crippen LogP contribution in [-0.2, 0) is 0 Å². The third-order valence-electron chi connectivity index (χ3n) is 12.2. The SMILES string of the molecule is c1ccc(-c2nc3ccccc3n2-c2cccc(-c3ccc4c(c3)c(-c3cccc5ccccc35)cc3c5ccccc5c(-c5cccc6ccccc56)cc43)c2)cc1. The largest absolute Gasteiger partial charge is 0.292 e. The van der Waals surface area contributed by atoms with Crippen LogP contribution in [0, 0.1) is 0 Å². The smallest absolute Gasteiger partial charge is 0.145 e. The molecule has 0 saturated heterocycles. The maximum absolute atomic E-state index is 5.13. The van der Waals surface area contributed by atoms with E-state index in [0.29, 0.717) is 0 Å². The molecule has 274 valence electrons. The van der Waals surface area contributed by atoms with Gasteiger partial charge >= 0.3 is 0 Å². The zero-order valence-electron chi connectivity index (χ0n) is 32.2. The lowest BCUT2D eigenvalue weighted by Crippen LogP contribution is -1.98. The van der Waals surface area contributed by atoms with Crippen LogP contribution < -0.4 is 0 Å². The molecule has 0 radical (unpaired) electrons. The van der Waals surface area contributed by atoms with E-state index in [1.165, 1.54) is 81.7 Å². The number of imidazole rings is 1. The number of fused-ring (bicyclic) bond motifs is 8. The Bertz CT molecular complexity index is 3600. The number of benzene rings is 11. The van der Waals surface area contributed by atoms with Gasteiger partial charge in [0.25, 0.3) is 0 Å². The molecule has 11 aromatic carbocycles. The standard InChI is InChI=1S/C57H36N2/c1-2-17-39(18-3-1)57-58-55-29-10-11-30-56(55)59(57)42-22-12-21-40(33-42)41-31-32-49-50(34-41)52(46-28-14-20-38-16-5-7-24-44(38)46)36-53-48-26-9-8-25-47(48)51(35-54(49)53)45-27-13-19-37-15-4-6-23-43(37)45/h1-36H. The third kappa shape index (κ3) is 5.38. The van der Waals surface area contributed by atoms with Crippen molar-refractivity contribution in [3.05, 3.63) is 218 Å². The molecule has 0 bridgehead atoms. The van der Waals surface area contributed by atoms with E-state index in [-0.39, 0.29) is 0 Å². The Morgan fingerprint density at radius 1 is 0.288 bits per heavy atom. The maximum Gasteiger partial charge on any atom is 0.145 e. The van der Waals surface area contributed by atoms with Gasteiger partial charge < -0.3 is 0 Å². The van der Waals surface area contributed by atoms with Crippen molar-refractivity contribution < 1.29 is 0 Å². The van der Waals surface area contributed by atoms with Crippen molar-refractivity contribution in [1.29, 1.82) is 0 Å². The van der Waals surface area contributed by atoms with Crippen molar-refractivity contribution in [1.82, 2.24) is 9.55 Å². The van der Waals surface area contributed by atoms with Gasteiger partial charge in [0.15, 0.2) is 0 Å². The van der Waals surface area contributed by atoms with Crippen LogP contribution in [0.5, 0.6) is 0 Å². The van der Waals surface area contributed by atoms with Gasteiger partial charge in [-0.25, -0.2) is 4.98 Å². The summed E-state index contributed by atoms with van der Waals surface area (Å²) in [7, 11) is 0. The van der Waals surface area contributed by atoms with Crippen molar-refractivity contribution >= 4 is 64.9 Å². The lowest BCUT2D eigenvalue weighted by Gasteiger charge is -2.18. The first-order valence-corrected chi connectivity index (χ1v) is 20.3. The second-order valence-electron chi connectivity index (χ2n) is 15.5. The van der Waals surface area contributed by atoms with Gasteiger partial charge in [-0.1, -0.05) is 176 Å². The Morgan fingerprint density at radius 3 is 1.54 bits per heavy atom. The second kappa shape index (κ2) is 13.4. The Balaban J connectivity index is 1.13. The first kappa shape index (κ1) is 33.3. The van der Waals surface area contributed by atoms with Gasteiger partial charge in [-0.2, -0.15) is 0 Å². The lowest BCUT2D eigenvalue weighted by molar-refractivity contribution is 1.10. The minimum Gasteiger partial charge on any atom is -0.292 e. The average molecular weight is 749 g/mol. The summed E-state index contributed by atoms with van der Waals surface area (Å²) in [4.78, 5) is 5.13. The van der Waals surface area contributed by atoms with E-state index in [2.05, 4.69) is 223 Å². The molecule has 0 aliphatic rings. The molecule has 59 heavy (non-hydrogen) atoms. The first-order valence-electron chi connectivity index (χ1n) is 20.3. The van der Waals surface area contributed by atoms with Crippen LogP contribution in [0.4, 0.5) is 0 Å². The van der Waals surface area contributed by atoms with Gasteiger partial charge in [-0.05, 0) is 130 Å². The quantitative estimate of drug-likeness (QED) is 0.160. The van der Waals surface area contributed by atoms with E-state index < -0.39 is 0 Å². The highest BCUT2D eigenvalue weighted by Crippen LogP contribution is 2.45. The number of rotatable bonds is 5. The van der Waals surface area contributed by atoms with Crippen LogP contribution in [0.25, 0.3) is 115 Å². The summed E-state index contributed by atoms with van der Waals surface area (Å²) in [6.45, 7) is 0. The van der Waals surface area contributed by atoms with Crippen molar-refractivity contribution in [2.45, 2.75) is 0 Å². The van der Waals surface area contributed by atoms with Crippen molar-refractivity contribution in [2.24, 2.45) is 0 Å². The molecule has 0 N–H and O–H groups in total. The Kier molecular flexibility index (Phi) is 7.57. The molecule has 0 unspecified atom stereocenters. The molecule has 0 amide bonds. The first-order chi connectivity index (χ1) is 29.3. The minimum absolute atomic E-state index is 0.932. The number of hydrogen-bond donors (Lipinski definition) is 0. The van der Waals surface area contributed by atoms with E-state index in [0.717, 1.165) is 33.7 Å². The Morgan fingerprint density at radius 2 is 0.814 bits per heavy atom. The third-order valence-corrected chi connectivity index (χ3v) is 12.2. The van der Waals surface area contributed by atoms with Crippen LogP contribution >= 0.6 is 0 Å². The number of nitrogens with zero attached hydrogens (tertiary/aromatic N) is 2. The summed E-state index contributed by atoms with van der Waals surface area (Å²) in [5.41, 5.74) is 11.5. The summed E-state index contributed by atoms with van der Waals surface area (Å²) in [6.07, 6.45) is 0. The molecule has 1 aromatic heterocycles. The predicted octanol–water partition coefficient (Wildman–Crippen LogP) is 15.5. The lowest BCUT2D eigenvalue weighted by atomic mass is 9.85. The maximum atomic E-state index is 5.13. The van der Waals surface area contributed by atoms with Crippen LogP contribution in [-0.4, -0.2) is 9.55 Å². The second-order valence-corrected chi connectivity index (χ2v) is 15.5. The van der Waals surface area contributed by atoms with Crippen LogP contribution in [0.2, 0.25) is 0 Å². The molecule has 0 spiro atoms. The van der Waals surface area contributed by atoms with Crippen molar-refractivity contribution in [2.75, 3.05) is 0 Å². The topological polar surface area (TPSA) is 17.8 Å². The van der Waals surface area contributed by atoms with Gasteiger partial charge in [0.1, 0.15) is 5.82 Å². The molecule has 12 rings (SSSR count). The summed E-state index contributed by atoms with van der Waals surface area (Å²) >= 11 is 0. The Hall–Kier alpha value is -7.81. The van der Waals surface area contributed by atoms with Gasteiger partial charge in [0.2, 0.25) is 0 Å². The minimum atomic E-state index is 0.932. The van der Waals surface area contributed by atoms with Gasteiger partial charge in [-0.15, -0.1) is 0 Å². The summed E-state index contributed by atoms with van der Waals surface area (Å²) in [5.74, 6) is 0.932. The molecular weight excluding hydrogens is 713 g/mol. The van der Waals surface area contributed by atoms with Crippen molar-refractivity contribution in [3.8, 4) is 50.5 Å². The van der Waals surface area contributed by atoms with Crippen LogP contribution in [0.1, 0.15) is 0 Å². The number of hydrogen-bond acceptors (Lipinski definition) is 1. The van der Waals surface area contributed by atoms with E-state index in [4.69, 9.17) is 4.98 Å². The van der Waals surface area contributed by atoms with Gasteiger partial charge in [0.05, 0.1) is 11.0 Å². The highest BCUT2D eigenvalue weighted by atomic mass is 15.1. The summed E-state index contributed by atoms with van der Waals surface area (Å²) < 4.78 is 2.30. The molecule has 0 saturated carbocycles.